The molecule has 0 unspecified atom stereocenters. The molecule has 0 saturated carbocycles. The summed E-state index contributed by atoms with van der Waals surface area (Å²) in [5.41, 5.74) is 1.93. The van der Waals surface area contributed by atoms with Gasteiger partial charge in [0.05, 0.1) is 5.69 Å². The highest BCUT2D eigenvalue weighted by atomic mass is 79.9. The molecule has 0 bridgehead atoms. The van der Waals surface area contributed by atoms with E-state index in [0.29, 0.717) is 5.92 Å². The van der Waals surface area contributed by atoms with Gasteiger partial charge in [0.1, 0.15) is 10.8 Å². The smallest absolute Gasteiger partial charge is 0.125 e. The number of rotatable bonds is 5. The van der Waals surface area contributed by atoms with Crippen LogP contribution in [-0.4, -0.2) is 11.5 Å². The maximum absolute atomic E-state index is 13.5. The fraction of sp³-hybridized carbons (Fsp3) is 0.400. The van der Waals surface area contributed by atoms with Crippen LogP contribution in [0.1, 0.15) is 37.3 Å². The van der Waals surface area contributed by atoms with Crippen molar-refractivity contribution in [2.75, 3.05) is 6.54 Å². The Morgan fingerprint density at radius 2 is 2.10 bits per heavy atom. The summed E-state index contributed by atoms with van der Waals surface area (Å²) in [4.78, 5) is 5.94. The number of nitrogens with one attached hydrogen (secondary N) is 1. The first-order valence-corrected chi connectivity index (χ1v) is 8.29. The molecule has 5 heteroatoms. The lowest BCUT2D eigenvalue weighted by atomic mass is 10.1. The third kappa shape index (κ3) is 3.65. The summed E-state index contributed by atoms with van der Waals surface area (Å²) in [6, 6.07) is 4.90. The Morgan fingerprint density at radius 3 is 2.70 bits per heavy atom. The average Bonchev–Trinajstić information content (AvgIpc) is 2.79. The van der Waals surface area contributed by atoms with Crippen molar-refractivity contribution in [1.29, 1.82) is 0 Å². The molecule has 0 atom stereocenters. The Bertz CT molecular complexity index is 575. The predicted molar refractivity (Wildman–Crippen MR) is 86.7 cm³/mol. The van der Waals surface area contributed by atoms with Crippen molar-refractivity contribution in [2.45, 2.75) is 33.2 Å². The summed E-state index contributed by atoms with van der Waals surface area (Å²) in [5.74, 6) is 0.120. The molecule has 1 heterocycles. The molecule has 0 aliphatic carbocycles. The van der Waals surface area contributed by atoms with Crippen LogP contribution in [0.5, 0.6) is 0 Å². The summed E-state index contributed by atoms with van der Waals surface area (Å²) >= 11 is 4.97. The van der Waals surface area contributed by atoms with E-state index in [1.165, 1.54) is 17.0 Å². The van der Waals surface area contributed by atoms with Gasteiger partial charge in [-0.25, -0.2) is 9.37 Å². The number of aromatic nitrogens is 1. The van der Waals surface area contributed by atoms with Crippen LogP contribution in [0.25, 0.3) is 10.6 Å². The van der Waals surface area contributed by atoms with E-state index in [-0.39, 0.29) is 5.82 Å². The normalized spacial score (nSPS) is 11.3. The van der Waals surface area contributed by atoms with Crippen LogP contribution in [0.4, 0.5) is 4.39 Å². The lowest BCUT2D eigenvalue weighted by Gasteiger charge is -2.04. The third-order valence-corrected chi connectivity index (χ3v) is 4.50. The van der Waals surface area contributed by atoms with Crippen molar-refractivity contribution in [3.8, 4) is 10.6 Å². The Balaban J connectivity index is 2.41. The SMILES string of the molecule is CCNCc1sc(-c2cc(F)cc(Br)c2)nc1C(C)C. The zero-order valence-corrected chi connectivity index (χ0v) is 14.2. The molecule has 0 aliphatic rings. The maximum Gasteiger partial charge on any atom is 0.125 e. The fourth-order valence-electron chi connectivity index (χ4n) is 1.98. The monoisotopic (exact) mass is 356 g/mol. The van der Waals surface area contributed by atoms with E-state index < -0.39 is 0 Å². The van der Waals surface area contributed by atoms with Gasteiger partial charge in [0.25, 0.3) is 0 Å². The summed E-state index contributed by atoms with van der Waals surface area (Å²) in [6.07, 6.45) is 0. The molecule has 0 spiro atoms. The molecule has 2 aromatic rings. The van der Waals surface area contributed by atoms with E-state index in [1.807, 2.05) is 6.07 Å². The van der Waals surface area contributed by atoms with Gasteiger partial charge in [0.2, 0.25) is 0 Å². The molecule has 108 valence electrons. The van der Waals surface area contributed by atoms with Crippen LogP contribution in [-0.2, 0) is 6.54 Å². The van der Waals surface area contributed by atoms with Crippen molar-refractivity contribution in [2.24, 2.45) is 0 Å². The number of thiazole rings is 1. The highest BCUT2D eigenvalue weighted by Gasteiger charge is 2.15. The van der Waals surface area contributed by atoms with E-state index in [4.69, 9.17) is 4.98 Å². The predicted octanol–water partition coefficient (Wildman–Crippen LogP) is 4.94. The van der Waals surface area contributed by atoms with Gasteiger partial charge in [-0.05, 0) is 30.7 Å². The van der Waals surface area contributed by atoms with Gasteiger partial charge in [-0.1, -0.05) is 36.7 Å². The van der Waals surface area contributed by atoms with Gasteiger partial charge in [0, 0.05) is 21.5 Å². The minimum atomic E-state index is -0.246. The van der Waals surface area contributed by atoms with Crippen molar-refractivity contribution in [3.05, 3.63) is 39.1 Å². The second-order valence-electron chi connectivity index (χ2n) is 4.92. The van der Waals surface area contributed by atoms with Gasteiger partial charge in [0.15, 0.2) is 0 Å². The lowest BCUT2D eigenvalue weighted by molar-refractivity contribution is 0.627. The van der Waals surface area contributed by atoms with Gasteiger partial charge < -0.3 is 5.32 Å². The fourth-order valence-corrected chi connectivity index (χ4v) is 3.62. The molecule has 0 radical (unpaired) electrons. The molecular formula is C15H18BrFN2S. The second kappa shape index (κ2) is 6.78. The van der Waals surface area contributed by atoms with Crippen LogP contribution in [0, 0.1) is 5.82 Å². The zero-order chi connectivity index (χ0) is 14.7. The van der Waals surface area contributed by atoms with E-state index in [2.05, 4.69) is 42.0 Å². The van der Waals surface area contributed by atoms with E-state index in [0.717, 1.165) is 33.8 Å². The van der Waals surface area contributed by atoms with Crippen LogP contribution in [0.2, 0.25) is 0 Å². The first-order valence-electron chi connectivity index (χ1n) is 6.68. The van der Waals surface area contributed by atoms with Gasteiger partial charge in [-0.3, -0.25) is 0 Å². The summed E-state index contributed by atoms with van der Waals surface area (Å²) in [6.45, 7) is 8.10. The number of nitrogens with zero attached hydrogens (tertiary/aromatic N) is 1. The quantitative estimate of drug-likeness (QED) is 0.820. The molecule has 0 saturated heterocycles. The largest absolute Gasteiger partial charge is 0.312 e. The molecule has 20 heavy (non-hydrogen) atoms. The Labute approximate surface area is 131 Å². The molecule has 1 aromatic heterocycles. The van der Waals surface area contributed by atoms with Crippen molar-refractivity contribution in [1.82, 2.24) is 10.3 Å². The maximum atomic E-state index is 13.5. The van der Waals surface area contributed by atoms with Gasteiger partial charge >= 0.3 is 0 Å². The van der Waals surface area contributed by atoms with E-state index in [1.54, 1.807) is 11.3 Å². The van der Waals surface area contributed by atoms with Gasteiger partial charge in [-0.15, -0.1) is 11.3 Å². The van der Waals surface area contributed by atoms with Crippen LogP contribution in [0.3, 0.4) is 0 Å². The summed E-state index contributed by atoms with van der Waals surface area (Å²) < 4.78 is 14.3. The van der Waals surface area contributed by atoms with E-state index in [9.17, 15) is 4.39 Å². The highest BCUT2D eigenvalue weighted by Crippen LogP contribution is 2.33. The Hall–Kier alpha value is -0.780. The molecule has 0 amide bonds. The molecule has 2 rings (SSSR count). The topological polar surface area (TPSA) is 24.9 Å². The van der Waals surface area contributed by atoms with Crippen molar-refractivity contribution < 1.29 is 4.39 Å². The number of hydrogen-bond donors (Lipinski definition) is 1. The Morgan fingerprint density at radius 1 is 1.35 bits per heavy atom. The number of benzene rings is 1. The molecule has 2 nitrogen and oxygen atoms in total. The molecule has 0 fully saturated rings. The van der Waals surface area contributed by atoms with E-state index >= 15 is 0 Å². The summed E-state index contributed by atoms with van der Waals surface area (Å²) in [5, 5.41) is 4.21. The Kier molecular flexibility index (Phi) is 5.29. The van der Waals surface area contributed by atoms with Crippen molar-refractivity contribution >= 4 is 27.3 Å². The van der Waals surface area contributed by atoms with Crippen LogP contribution in [0.15, 0.2) is 22.7 Å². The third-order valence-electron chi connectivity index (χ3n) is 2.92. The minimum absolute atomic E-state index is 0.246. The van der Waals surface area contributed by atoms with Crippen molar-refractivity contribution in [3.63, 3.8) is 0 Å². The van der Waals surface area contributed by atoms with Crippen LogP contribution < -0.4 is 5.32 Å². The standard InChI is InChI=1S/C15H18BrFN2S/c1-4-18-8-13-14(9(2)3)19-15(20-13)10-5-11(16)7-12(17)6-10/h5-7,9,18H,4,8H2,1-3H3. The first kappa shape index (κ1) is 15.6. The molecular weight excluding hydrogens is 339 g/mol. The number of halogens is 2. The first-order chi connectivity index (χ1) is 9.51. The van der Waals surface area contributed by atoms with Gasteiger partial charge in [-0.2, -0.15) is 0 Å². The zero-order valence-electron chi connectivity index (χ0n) is 11.8. The summed E-state index contributed by atoms with van der Waals surface area (Å²) in [7, 11) is 0. The van der Waals surface area contributed by atoms with Crippen LogP contribution >= 0.6 is 27.3 Å². The average molecular weight is 357 g/mol. The molecule has 1 N–H and O–H groups in total. The highest BCUT2D eigenvalue weighted by molar-refractivity contribution is 9.10. The molecule has 0 aliphatic heterocycles. The molecule has 1 aromatic carbocycles. The number of hydrogen-bond acceptors (Lipinski definition) is 3. The minimum Gasteiger partial charge on any atom is -0.312 e. The lowest BCUT2D eigenvalue weighted by Crippen LogP contribution is -2.12. The second-order valence-corrected chi connectivity index (χ2v) is 6.92.